The number of carbonyl (C=O) groups excluding carboxylic acids is 1. The zero-order valence-electron chi connectivity index (χ0n) is 11.2. The van der Waals surface area contributed by atoms with E-state index in [0.29, 0.717) is 0 Å². The monoisotopic (exact) mass is 331 g/mol. The predicted octanol–water partition coefficient (Wildman–Crippen LogP) is 1.43. The van der Waals surface area contributed by atoms with Crippen molar-refractivity contribution in [2.24, 2.45) is 0 Å². The molecular formula is C13H14ClNO5S. The molecule has 1 aromatic rings. The van der Waals surface area contributed by atoms with E-state index in [0.717, 1.165) is 31.0 Å². The topological polar surface area (TPSA) is 91.8 Å². The third kappa shape index (κ3) is 3.54. The van der Waals surface area contributed by atoms with Gasteiger partial charge in [-0.15, -0.1) is 0 Å². The number of amides is 1. The van der Waals surface area contributed by atoms with Gasteiger partial charge in [-0.05, 0) is 31.0 Å². The molecule has 0 unspecified atom stereocenters. The second-order valence-electron chi connectivity index (χ2n) is 4.94. The lowest BCUT2D eigenvalue weighted by atomic mass is 10.2. The maximum absolute atomic E-state index is 12.2. The highest BCUT2D eigenvalue weighted by Gasteiger charge is 2.32. The molecule has 1 amide bonds. The molecule has 0 bridgehead atoms. The number of halogens is 1. The number of hydrogen-bond donors (Lipinski definition) is 1. The van der Waals surface area contributed by atoms with Gasteiger partial charge >= 0.3 is 5.97 Å². The van der Waals surface area contributed by atoms with Gasteiger partial charge in [-0.3, -0.25) is 4.79 Å². The van der Waals surface area contributed by atoms with Crippen LogP contribution in [0.15, 0.2) is 23.1 Å². The molecule has 1 aliphatic carbocycles. The summed E-state index contributed by atoms with van der Waals surface area (Å²) >= 11 is 5.75. The second-order valence-corrected chi connectivity index (χ2v) is 7.34. The number of sulfone groups is 1. The Labute approximate surface area is 127 Å². The van der Waals surface area contributed by atoms with Crippen LogP contribution in [0.3, 0.4) is 0 Å². The Bertz CT molecular complexity index is 697. The van der Waals surface area contributed by atoms with Crippen LogP contribution in [-0.2, 0) is 14.6 Å². The highest BCUT2D eigenvalue weighted by molar-refractivity contribution is 7.92. The Morgan fingerprint density at radius 1 is 1.38 bits per heavy atom. The van der Waals surface area contributed by atoms with Crippen LogP contribution < -0.4 is 0 Å². The van der Waals surface area contributed by atoms with Gasteiger partial charge in [0.05, 0.1) is 15.5 Å². The molecule has 21 heavy (non-hydrogen) atoms. The summed E-state index contributed by atoms with van der Waals surface area (Å²) in [6.07, 6.45) is 1.78. The summed E-state index contributed by atoms with van der Waals surface area (Å²) in [5.74, 6) is -2.37. The highest BCUT2D eigenvalue weighted by atomic mass is 35.5. The maximum Gasteiger partial charge on any atom is 0.337 e. The van der Waals surface area contributed by atoms with Crippen molar-refractivity contribution in [2.75, 3.05) is 12.8 Å². The molecule has 0 spiro atoms. The van der Waals surface area contributed by atoms with E-state index in [9.17, 15) is 18.0 Å². The fourth-order valence-corrected chi connectivity index (χ4v) is 3.47. The average molecular weight is 332 g/mol. The number of nitrogens with zero attached hydrogens (tertiary/aromatic N) is 1. The summed E-state index contributed by atoms with van der Waals surface area (Å²) in [6, 6.07) is 3.46. The molecule has 0 aromatic heterocycles. The van der Waals surface area contributed by atoms with Gasteiger partial charge < -0.3 is 10.0 Å². The van der Waals surface area contributed by atoms with Crippen LogP contribution in [0.25, 0.3) is 0 Å². The molecule has 0 radical (unpaired) electrons. The summed E-state index contributed by atoms with van der Waals surface area (Å²) < 4.78 is 24.3. The zero-order valence-corrected chi connectivity index (χ0v) is 12.8. The second kappa shape index (κ2) is 5.65. The number of carboxylic acid groups (broad SMARTS) is 1. The van der Waals surface area contributed by atoms with Gasteiger partial charge in [0.25, 0.3) is 0 Å². The zero-order chi connectivity index (χ0) is 15.8. The van der Waals surface area contributed by atoms with Gasteiger partial charge in [0.2, 0.25) is 5.91 Å². The molecule has 1 N–H and O–H groups in total. The summed E-state index contributed by atoms with van der Waals surface area (Å²) in [5.41, 5.74) is -0.183. The van der Waals surface area contributed by atoms with Crippen LogP contribution in [0.4, 0.5) is 0 Å². The Morgan fingerprint density at radius 2 is 2.00 bits per heavy atom. The van der Waals surface area contributed by atoms with Crippen LogP contribution in [0.1, 0.15) is 23.2 Å². The molecule has 1 fully saturated rings. The number of hydrogen-bond acceptors (Lipinski definition) is 4. The van der Waals surface area contributed by atoms with Gasteiger partial charge in [-0.2, -0.15) is 0 Å². The summed E-state index contributed by atoms with van der Waals surface area (Å²) in [5, 5.41) is 8.68. The SMILES string of the molecule is CN(C(=O)CS(=O)(=O)c1ccc(C(=O)O)c(Cl)c1)C1CC1. The summed E-state index contributed by atoms with van der Waals surface area (Å²) in [4.78, 5) is 24.0. The largest absolute Gasteiger partial charge is 0.478 e. The lowest BCUT2D eigenvalue weighted by Crippen LogP contribution is -2.34. The van der Waals surface area contributed by atoms with Gasteiger partial charge in [0, 0.05) is 13.1 Å². The third-order valence-electron chi connectivity index (χ3n) is 3.33. The third-order valence-corrected chi connectivity index (χ3v) is 5.24. The molecule has 0 aliphatic heterocycles. The van der Waals surface area contributed by atoms with Crippen molar-refractivity contribution in [1.29, 1.82) is 0 Å². The fourth-order valence-electron chi connectivity index (χ4n) is 1.88. The maximum atomic E-state index is 12.2. The fraction of sp³-hybridized carbons (Fsp3) is 0.385. The minimum absolute atomic E-state index is 0.130. The molecule has 1 saturated carbocycles. The first-order chi connectivity index (χ1) is 9.72. The number of aromatic carboxylic acids is 1. The van der Waals surface area contributed by atoms with Crippen LogP contribution in [0, 0.1) is 0 Å². The van der Waals surface area contributed by atoms with Crippen molar-refractivity contribution >= 4 is 33.3 Å². The van der Waals surface area contributed by atoms with E-state index in [-0.39, 0.29) is 21.5 Å². The van der Waals surface area contributed by atoms with Crippen molar-refractivity contribution in [3.63, 3.8) is 0 Å². The molecule has 114 valence electrons. The van der Waals surface area contributed by atoms with Gasteiger partial charge in [0.15, 0.2) is 9.84 Å². The number of carbonyl (C=O) groups is 2. The number of rotatable bonds is 5. The average Bonchev–Trinajstić information content (AvgIpc) is 3.20. The van der Waals surface area contributed by atoms with E-state index < -0.39 is 27.5 Å². The van der Waals surface area contributed by atoms with E-state index in [1.165, 1.54) is 4.90 Å². The first kappa shape index (κ1) is 15.8. The molecule has 1 aromatic carbocycles. The first-order valence-electron chi connectivity index (χ1n) is 6.23. The smallest absolute Gasteiger partial charge is 0.337 e. The van der Waals surface area contributed by atoms with Crippen LogP contribution in [0.5, 0.6) is 0 Å². The number of carboxylic acids is 1. The Morgan fingerprint density at radius 3 is 2.48 bits per heavy atom. The summed E-state index contributed by atoms with van der Waals surface area (Å²) in [7, 11) is -2.26. The van der Waals surface area contributed by atoms with Crippen molar-refractivity contribution < 1.29 is 23.1 Å². The Kier molecular flexibility index (Phi) is 4.25. The standard InChI is InChI=1S/C13H14ClNO5S/c1-15(8-2-3-8)12(16)7-21(19,20)9-4-5-10(13(17)18)11(14)6-9/h4-6,8H,2-3,7H2,1H3,(H,17,18). The first-order valence-corrected chi connectivity index (χ1v) is 8.26. The Hall–Kier alpha value is -1.60. The van der Waals surface area contributed by atoms with Gasteiger partial charge in [0.1, 0.15) is 5.75 Å². The number of benzene rings is 1. The minimum atomic E-state index is -3.84. The van der Waals surface area contributed by atoms with E-state index in [2.05, 4.69) is 0 Å². The van der Waals surface area contributed by atoms with Gasteiger partial charge in [-0.25, -0.2) is 13.2 Å². The lowest BCUT2D eigenvalue weighted by molar-refractivity contribution is -0.127. The molecule has 1 aliphatic rings. The molecular weight excluding hydrogens is 318 g/mol. The summed E-state index contributed by atoms with van der Waals surface area (Å²) in [6.45, 7) is 0. The van der Waals surface area contributed by atoms with E-state index in [1.807, 2.05) is 0 Å². The molecule has 8 heteroatoms. The predicted molar refractivity (Wildman–Crippen MR) is 76.3 cm³/mol. The Balaban J connectivity index is 2.21. The van der Waals surface area contributed by atoms with Crippen molar-refractivity contribution in [1.82, 2.24) is 4.90 Å². The van der Waals surface area contributed by atoms with Crippen molar-refractivity contribution in [2.45, 2.75) is 23.8 Å². The quantitative estimate of drug-likeness (QED) is 0.881. The molecule has 0 atom stereocenters. The minimum Gasteiger partial charge on any atom is -0.478 e. The molecule has 0 saturated heterocycles. The van der Waals surface area contributed by atoms with Crippen LogP contribution in [0.2, 0.25) is 5.02 Å². The molecule has 6 nitrogen and oxygen atoms in total. The van der Waals surface area contributed by atoms with Crippen LogP contribution >= 0.6 is 11.6 Å². The molecule has 2 rings (SSSR count). The van der Waals surface area contributed by atoms with Crippen molar-refractivity contribution in [3.8, 4) is 0 Å². The van der Waals surface area contributed by atoms with Gasteiger partial charge in [-0.1, -0.05) is 11.6 Å². The molecule has 0 heterocycles. The van der Waals surface area contributed by atoms with E-state index in [4.69, 9.17) is 16.7 Å². The van der Waals surface area contributed by atoms with E-state index >= 15 is 0 Å². The van der Waals surface area contributed by atoms with Crippen LogP contribution in [-0.4, -0.2) is 49.1 Å². The van der Waals surface area contributed by atoms with E-state index in [1.54, 1.807) is 7.05 Å². The van der Waals surface area contributed by atoms with Crippen molar-refractivity contribution in [3.05, 3.63) is 28.8 Å². The normalized spacial score (nSPS) is 14.8. The lowest BCUT2D eigenvalue weighted by Gasteiger charge is -2.16. The highest BCUT2D eigenvalue weighted by Crippen LogP contribution is 2.26.